The van der Waals surface area contributed by atoms with Crippen LogP contribution >= 0.6 is 0 Å². The maximum absolute atomic E-state index is 12.0. The number of para-hydroxylation sites is 1. The van der Waals surface area contributed by atoms with Gasteiger partial charge in [-0.1, -0.05) is 18.2 Å². The number of hydrogen-bond donors (Lipinski definition) is 3. The molecule has 104 valence electrons. The van der Waals surface area contributed by atoms with Gasteiger partial charge < -0.3 is 20.9 Å². The summed E-state index contributed by atoms with van der Waals surface area (Å²) < 4.78 is 5.21. The van der Waals surface area contributed by atoms with Gasteiger partial charge in [-0.25, -0.2) is 0 Å². The molecule has 0 aliphatic rings. The van der Waals surface area contributed by atoms with Gasteiger partial charge in [0.2, 0.25) is 0 Å². The molecule has 0 fully saturated rings. The second kappa shape index (κ2) is 5.97. The summed E-state index contributed by atoms with van der Waals surface area (Å²) in [4.78, 5) is 12.0. The molecule has 5 heteroatoms. The van der Waals surface area contributed by atoms with Crippen molar-refractivity contribution in [3.05, 3.63) is 53.6 Å². The molecule has 5 nitrogen and oxygen atoms in total. The van der Waals surface area contributed by atoms with E-state index >= 15 is 0 Å². The average Bonchev–Trinajstić information content (AvgIpc) is 2.47. The number of nitrogens with one attached hydrogen (secondary N) is 1. The molecule has 2 aromatic carbocycles. The monoisotopic (exact) mass is 272 g/mol. The summed E-state index contributed by atoms with van der Waals surface area (Å²) >= 11 is 0. The highest BCUT2D eigenvalue weighted by molar-refractivity contribution is 5.99. The third-order valence-electron chi connectivity index (χ3n) is 2.91. The fraction of sp³-hybridized carbons (Fsp3) is 0.133. The Morgan fingerprint density at radius 1 is 1.30 bits per heavy atom. The second-order valence-electron chi connectivity index (χ2n) is 4.27. The van der Waals surface area contributed by atoms with Crippen LogP contribution < -0.4 is 15.8 Å². The van der Waals surface area contributed by atoms with E-state index in [-0.39, 0.29) is 17.2 Å². The van der Waals surface area contributed by atoms with Gasteiger partial charge in [0.1, 0.15) is 11.5 Å². The van der Waals surface area contributed by atoms with Gasteiger partial charge in [-0.3, -0.25) is 4.79 Å². The Hall–Kier alpha value is -2.69. The van der Waals surface area contributed by atoms with Crippen molar-refractivity contribution in [1.29, 1.82) is 0 Å². The lowest BCUT2D eigenvalue weighted by atomic mass is 10.1. The average molecular weight is 272 g/mol. The number of rotatable bonds is 4. The number of carbonyl (C=O) groups is 1. The fourth-order valence-corrected chi connectivity index (χ4v) is 1.86. The van der Waals surface area contributed by atoms with E-state index in [1.807, 2.05) is 24.3 Å². The highest BCUT2D eigenvalue weighted by Crippen LogP contribution is 2.20. The third kappa shape index (κ3) is 3.00. The van der Waals surface area contributed by atoms with E-state index in [0.29, 0.717) is 18.0 Å². The van der Waals surface area contributed by atoms with E-state index in [1.165, 1.54) is 18.2 Å². The largest absolute Gasteiger partial charge is 0.508 e. The van der Waals surface area contributed by atoms with Gasteiger partial charge in [-0.05, 0) is 24.3 Å². The van der Waals surface area contributed by atoms with E-state index in [2.05, 4.69) is 5.32 Å². The van der Waals surface area contributed by atoms with E-state index < -0.39 is 0 Å². The number of aromatic hydroxyl groups is 1. The quantitative estimate of drug-likeness (QED) is 0.586. The first-order chi connectivity index (χ1) is 9.61. The van der Waals surface area contributed by atoms with Crippen molar-refractivity contribution in [2.45, 2.75) is 6.54 Å². The highest BCUT2D eigenvalue weighted by atomic mass is 16.5. The van der Waals surface area contributed by atoms with Crippen molar-refractivity contribution in [1.82, 2.24) is 5.32 Å². The number of ether oxygens (including phenoxy) is 1. The first-order valence-electron chi connectivity index (χ1n) is 6.10. The number of phenolic OH excluding ortho intramolecular Hbond substituents is 1. The Morgan fingerprint density at radius 2 is 2.05 bits per heavy atom. The number of hydrogen-bond acceptors (Lipinski definition) is 4. The van der Waals surface area contributed by atoms with Crippen LogP contribution in [0, 0.1) is 0 Å². The van der Waals surface area contributed by atoms with Crippen LogP contribution in [0.1, 0.15) is 15.9 Å². The minimum absolute atomic E-state index is 0.00152. The van der Waals surface area contributed by atoms with Crippen molar-refractivity contribution >= 4 is 11.6 Å². The Labute approximate surface area is 117 Å². The molecule has 0 heterocycles. The zero-order valence-corrected chi connectivity index (χ0v) is 11.1. The summed E-state index contributed by atoms with van der Waals surface area (Å²) in [5, 5.41) is 12.1. The minimum Gasteiger partial charge on any atom is -0.508 e. The van der Waals surface area contributed by atoms with Gasteiger partial charge in [0.25, 0.3) is 5.91 Å². The summed E-state index contributed by atoms with van der Waals surface area (Å²) in [6, 6.07) is 11.7. The lowest BCUT2D eigenvalue weighted by molar-refractivity contribution is 0.0951. The molecule has 0 radical (unpaired) electrons. The maximum atomic E-state index is 12.0. The molecule has 0 spiro atoms. The van der Waals surface area contributed by atoms with Crippen molar-refractivity contribution in [2.24, 2.45) is 0 Å². The standard InChI is InChI=1S/C15H16N2O3/c1-20-14-5-3-2-4-10(14)9-17-15(19)12-8-11(18)6-7-13(12)16/h2-8,18H,9,16H2,1H3,(H,17,19). The Balaban J connectivity index is 2.11. The van der Waals surface area contributed by atoms with E-state index in [4.69, 9.17) is 10.5 Å². The molecular formula is C15H16N2O3. The molecule has 0 saturated carbocycles. The SMILES string of the molecule is COc1ccccc1CNC(=O)c1cc(O)ccc1N. The number of methoxy groups -OCH3 is 1. The van der Waals surface area contributed by atoms with Crippen LogP contribution in [0.25, 0.3) is 0 Å². The summed E-state index contributed by atoms with van der Waals surface area (Å²) in [5.74, 6) is 0.364. The molecule has 0 atom stereocenters. The number of nitrogens with two attached hydrogens (primary N) is 1. The van der Waals surface area contributed by atoms with Crippen LogP contribution in [-0.4, -0.2) is 18.1 Å². The first kappa shape index (κ1) is 13.7. The Morgan fingerprint density at radius 3 is 2.80 bits per heavy atom. The van der Waals surface area contributed by atoms with E-state index in [0.717, 1.165) is 5.56 Å². The van der Waals surface area contributed by atoms with Gasteiger partial charge in [0, 0.05) is 17.8 Å². The zero-order valence-electron chi connectivity index (χ0n) is 11.1. The summed E-state index contributed by atoms with van der Waals surface area (Å²) in [6.07, 6.45) is 0. The normalized spacial score (nSPS) is 10.1. The van der Waals surface area contributed by atoms with Gasteiger partial charge >= 0.3 is 0 Å². The smallest absolute Gasteiger partial charge is 0.253 e. The number of nitrogen functional groups attached to an aromatic ring is 1. The highest BCUT2D eigenvalue weighted by Gasteiger charge is 2.11. The molecule has 0 unspecified atom stereocenters. The van der Waals surface area contributed by atoms with Crippen molar-refractivity contribution in [2.75, 3.05) is 12.8 Å². The molecule has 20 heavy (non-hydrogen) atoms. The summed E-state index contributed by atoms with van der Waals surface area (Å²) in [7, 11) is 1.58. The number of anilines is 1. The fourth-order valence-electron chi connectivity index (χ4n) is 1.86. The van der Waals surface area contributed by atoms with Crippen molar-refractivity contribution < 1.29 is 14.6 Å². The lowest BCUT2D eigenvalue weighted by Gasteiger charge is -2.10. The van der Waals surface area contributed by atoms with E-state index in [9.17, 15) is 9.90 Å². The summed E-state index contributed by atoms with van der Waals surface area (Å²) in [6.45, 7) is 0.317. The van der Waals surface area contributed by atoms with Gasteiger partial charge in [0.05, 0.1) is 12.7 Å². The lowest BCUT2D eigenvalue weighted by Crippen LogP contribution is -2.24. The number of carbonyl (C=O) groups excluding carboxylic acids is 1. The molecule has 0 aliphatic carbocycles. The van der Waals surface area contributed by atoms with Gasteiger partial charge in [-0.15, -0.1) is 0 Å². The Kier molecular flexibility index (Phi) is 4.10. The molecular weight excluding hydrogens is 256 g/mol. The number of phenols is 1. The molecule has 4 N–H and O–H groups in total. The van der Waals surface area contributed by atoms with Crippen LogP contribution in [0.3, 0.4) is 0 Å². The predicted octanol–water partition coefficient (Wildman–Crippen LogP) is 1.91. The van der Waals surface area contributed by atoms with Crippen LogP contribution in [0.15, 0.2) is 42.5 Å². The molecule has 1 amide bonds. The molecule has 0 bridgehead atoms. The molecule has 2 rings (SSSR count). The zero-order chi connectivity index (χ0) is 14.5. The summed E-state index contributed by atoms with van der Waals surface area (Å²) in [5.41, 5.74) is 7.15. The van der Waals surface area contributed by atoms with Crippen LogP contribution in [0.4, 0.5) is 5.69 Å². The minimum atomic E-state index is -0.343. The number of amides is 1. The molecule has 0 saturated heterocycles. The topological polar surface area (TPSA) is 84.6 Å². The molecule has 2 aromatic rings. The number of benzene rings is 2. The van der Waals surface area contributed by atoms with Crippen molar-refractivity contribution in [3.8, 4) is 11.5 Å². The third-order valence-corrected chi connectivity index (χ3v) is 2.91. The first-order valence-corrected chi connectivity index (χ1v) is 6.10. The van der Waals surface area contributed by atoms with Gasteiger partial charge in [0.15, 0.2) is 0 Å². The Bertz CT molecular complexity index is 626. The maximum Gasteiger partial charge on any atom is 0.253 e. The second-order valence-corrected chi connectivity index (χ2v) is 4.27. The van der Waals surface area contributed by atoms with Gasteiger partial charge in [-0.2, -0.15) is 0 Å². The van der Waals surface area contributed by atoms with Crippen LogP contribution in [-0.2, 0) is 6.54 Å². The molecule has 0 aliphatic heterocycles. The van der Waals surface area contributed by atoms with Crippen LogP contribution in [0.2, 0.25) is 0 Å². The van der Waals surface area contributed by atoms with Crippen LogP contribution in [0.5, 0.6) is 11.5 Å². The van der Waals surface area contributed by atoms with E-state index in [1.54, 1.807) is 7.11 Å². The van der Waals surface area contributed by atoms with Crippen molar-refractivity contribution in [3.63, 3.8) is 0 Å². The molecule has 0 aromatic heterocycles. The predicted molar refractivity (Wildman–Crippen MR) is 76.7 cm³/mol.